The molecule has 2 atom stereocenters. The van der Waals surface area contributed by atoms with Crippen LogP contribution in [-0.4, -0.2) is 11.5 Å². The van der Waals surface area contributed by atoms with Crippen LogP contribution < -0.4 is 5.32 Å². The van der Waals surface area contributed by atoms with Gasteiger partial charge in [-0.2, -0.15) is 0 Å². The highest BCUT2D eigenvalue weighted by atomic mass is 15.0. The molecule has 1 aliphatic carbocycles. The van der Waals surface area contributed by atoms with Gasteiger partial charge in [0.2, 0.25) is 0 Å². The maximum Gasteiger partial charge on any atom is 0.126 e. The van der Waals surface area contributed by atoms with E-state index in [4.69, 9.17) is 0 Å². The molecule has 0 amide bonds. The first-order valence-corrected chi connectivity index (χ1v) is 5.90. The second-order valence-electron chi connectivity index (χ2n) is 4.88. The van der Waals surface area contributed by atoms with E-state index in [-0.39, 0.29) is 0 Å². The van der Waals surface area contributed by atoms with E-state index in [1.54, 1.807) is 0 Å². The molecular formula is C13H20N2. The second-order valence-corrected chi connectivity index (χ2v) is 4.88. The molecule has 1 heterocycles. The highest BCUT2D eigenvalue weighted by Gasteiger charge is 2.20. The predicted molar refractivity (Wildman–Crippen MR) is 64.0 cm³/mol. The lowest BCUT2D eigenvalue weighted by atomic mass is 10.1. The summed E-state index contributed by atoms with van der Waals surface area (Å²) in [5, 5.41) is 3.44. The van der Waals surface area contributed by atoms with Crippen molar-refractivity contribution in [1.29, 1.82) is 0 Å². The van der Waals surface area contributed by atoms with Gasteiger partial charge < -0.3 is 5.32 Å². The Morgan fingerprint density at radius 1 is 1.47 bits per heavy atom. The quantitative estimate of drug-likeness (QED) is 0.817. The fraction of sp³-hybridized carbons (Fsp3) is 0.615. The zero-order valence-electron chi connectivity index (χ0n) is 9.66. The number of pyridine rings is 1. The minimum Gasteiger partial charge on any atom is -0.370 e. The Bertz CT molecular complexity index is 322. The number of anilines is 1. The van der Waals surface area contributed by atoms with Gasteiger partial charge in [-0.25, -0.2) is 4.98 Å². The van der Waals surface area contributed by atoms with E-state index in [2.05, 4.69) is 30.2 Å². The number of aryl methyl sites for hydroxylation is 1. The third-order valence-electron chi connectivity index (χ3n) is 3.29. The van der Waals surface area contributed by atoms with Gasteiger partial charge in [0.05, 0.1) is 0 Å². The largest absolute Gasteiger partial charge is 0.370 e. The van der Waals surface area contributed by atoms with Crippen molar-refractivity contribution in [2.24, 2.45) is 11.8 Å². The molecule has 0 aliphatic heterocycles. The lowest BCUT2D eigenvalue weighted by Crippen LogP contribution is -2.12. The standard InChI is InChI=1S/C13H20N2/c1-10-3-4-12(7-10)9-15-13-8-11(2)5-6-14-13/h5-6,8,10,12H,3-4,7,9H2,1-2H3,(H,14,15). The molecule has 0 spiro atoms. The Labute approximate surface area is 92.1 Å². The summed E-state index contributed by atoms with van der Waals surface area (Å²) in [6.45, 7) is 5.54. The first kappa shape index (κ1) is 10.5. The normalized spacial score (nSPS) is 25.5. The molecule has 2 nitrogen and oxygen atoms in total. The molecule has 1 fully saturated rings. The Morgan fingerprint density at radius 3 is 3.00 bits per heavy atom. The van der Waals surface area contributed by atoms with E-state index in [1.807, 2.05) is 12.3 Å². The molecule has 0 radical (unpaired) electrons. The first-order chi connectivity index (χ1) is 7.24. The summed E-state index contributed by atoms with van der Waals surface area (Å²) in [7, 11) is 0. The van der Waals surface area contributed by atoms with Crippen LogP contribution in [0.2, 0.25) is 0 Å². The number of hydrogen-bond acceptors (Lipinski definition) is 2. The molecule has 1 N–H and O–H groups in total. The SMILES string of the molecule is Cc1ccnc(NCC2CCC(C)C2)c1. The van der Waals surface area contributed by atoms with Crippen molar-refractivity contribution < 1.29 is 0 Å². The maximum absolute atomic E-state index is 4.31. The van der Waals surface area contributed by atoms with Crippen LogP contribution in [0.3, 0.4) is 0 Å². The molecule has 1 aromatic rings. The van der Waals surface area contributed by atoms with Crippen molar-refractivity contribution in [3.8, 4) is 0 Å². The van der Waals surface area contributed by atoms with E-state index in [9.17, 15) is 0 Å². The van der Waals surface area contributed by atoms with Gasteiger partial charge in [0.25, 0.3) is 0 Å². The highest BCUT2D eigenvalue weighted by molar-refractivity contribution is 5.36. The summed E-state index contributed by atoms with van der Waals surface area (Å²) in [5.41, 5.74) is 1.27. The summed E-state index contributed by atoms with van der Waals surface area (Å²) in [5.74, 6) is 2.79. The molecular weight excluding hydrogens is 184 g/mol. The van der Waals surface area contributed by atoms with Crippen LogP contribution in [0.25, 0.3) is 0 Å². The molecule has 15 heavy (non-hydrogen) atoms. The van der Waals surface area contributed by atoms with Gasteiger partial charge in [0.15, 0.2) is 0 Å². The van der Waals surface area contributed by atoms with E-state index in [0.717, 1.165) is 24.2 Å². The van der Waals surface area contributed by atoms with Gasteiger partial charge in [-0.1, -0.05) is 13.3 Å². The van der Waals surface area contributed by atoms with E-state index in [1.165, 1.54) is 24.8 Å². The summed E-state index contributed by atoms with van der Waals surface area (Å²) in [6, 6.07) is 4.14. The summed E-state index contributed by atoms with van der Waals surface area (Å²) >= 11 is 0. The van der Waals surface area contributed by atoms with Crippen molar-refractivity contribution in [3.63, 3.8) is 0 Å². The Kier molecular flexibility index (Phi) is 3.24. The molecule has 2 unspecified atom stereocenters. The van der Waals surface area contributed by atoms with Crippen LogP contribution in [-0.2, 0) is 0 Å². The number of rotatable bonds is 3. The molecule has 0 bridgehead atoms. The van der Waals surface area contributed by atoms with Crippen LogP contribution in [0.4, 0.5) is 5.82 Å². The topological polar surface area (TPSA) is 24.9 Å². The third-order valence-corrected chi connectivity index (χ3v) is 3.29. The molecule has 82 valence electrons. The van der Waals surface area contributed by atoms with Crippen molar-refractivity contribution in [1.82, 2.24) is 4.98 Å². The van der Waals surface area contributed by atoms with E-state index < -0.39 is 0 Å². The fourth-order valence-electron chi connectivity index (χ4n) is 2.39. The monoisotopic (exact) mass is 204 g/mol. The van der Waals surface area contributed by atoms with Gasteiger partial charge in [0, 0.05) is 12.7 Å². The zero-order valence-corrected chi connectivity index (χ0v) is 9.66. The number of hydrogen-bond donors (Lipinski definition) is 1. The molecule has 0 saturated heterocycles. The maximum atomic E-state index is 4.31. The van der Waals surface area contributed by atoms with Crippen LogP contribution in [0.15, 0.2) is 18.3 Å². The van der Waals surface area contributed by atoms with Gasteiger partial charge in [-0.05, 0) is 49.3 Å². The number of nitrogens with one attached hydrogen (secondary N) is 1. The lowest BCUT2D eigenvalue weighted by molar-refractivity contribution is 0.536. The zero-order chi connectivity index (χ0) is 10.7. The average Bonchev–Trinajstić information content (AvgIpc) is 2.62. The van der Waals surface area contributed by atoms with Gasteiger partial charge in [-0.3, -0.25) is 0 Å². The van der Waals surface area contributed by atoms with Crippen molar-refractivity contribution in [2.45, 2.75) is 33.1 Å². The summed E-state index contributed by atoms with van der Waals surface area (Å²) < 4.78 is 0. The van der Waals surface area contributed by atoms with Crippen molar-refractivity contribution >= 4 is 5.82 Å². The van der Waals surface area contributed by atoms with E-state index >= 15 is 0 Å². The predicted octanol–water partition coefficient (Wildman–Crippen LogP) is 3.24. The molecule has 2 heteroatoms. The summed E-state index contributed by atoms with van der Waals surface area (Å²) in [6.07, 6.45) is 6.02. The Hall–Kier alpha value is -1.05. The Morgan fingerprint density at radius 2 is 2.33 bits per heavy atom. The highest BCUT2D eigenvalue weighted by Crippen LogP contribution is 2.30. The molecule has 1 aromatic heterocycles. The van der Waals surface area contributed by atoms with Crippen LogP contribution >= 0.6 is 0 Å². The number of nitrogens with zero attached hydrogens (tertiary/aromatic N) is 1. The third kappa shape index (κ3) is 2.95. The van der Waals surface area contributed by atoms with E-state index in [0.29, 0.717) is 0 Å². The molecule has 0 aromatic carbocycles. The first-order valence-electron chi connectivity index (χ1n) is 5.90. The summed E-state index contributed by atoms with van der Waals surface area (Å²) in [4.78, 5) is 4.31. The van der Waals surface area contributed by atoms with Crippen LogP contribution in [0.5, 0.6) is 0 Å². The van der Waals surface area contributed by atoms with Gasteiger partial charge in [0.1, 0.15) is 5.82 Å². The van der Waals surface area contributed by atoms with Crippen molar-refractivity contribution in [3.05, 3.63) is 23.9 Å². The van der Waals surface area contributed by atoms with Gasteiger partial charge >= 0.3 is 0 Å². The molecule has 1 saturated carbocycles. The second kappa shape index (κ2) is 4.65. The average molecular weight is 204 g/mol. The minimum atomic E-state index is 0.849. The fourth-order valence-corrected chi connectivity index (χ4v) is 2.39. The number of aromatic nitrogens is 1. The Balaban J connectivity index is 1.83. The van der Waals surface area contributed by atoms with Crippen LogP contribution in [0.1, 0.15) is 31.7 Å². The molecule has 2 rings (SSSR count). The van der Waals surface area contributed by atoms with Crippen molar-refractivity contribution in [2.75, 3.05) is 11.9 Å². The van der Waals surface area contributed by atoms with Gasteiger partial charge in [-0.15, -0.1) is 0 Å². The molecule has 1 aliphatic rings. The minimum absolute atomic E-state index is 0.849. The van der Waals surface area contributed by atoms with Crippen LogP contribution in [0, 0.1) is 18.8 Å². The lowest BCUT2D eigenvalue weighted by Gasteiger charge is -2.11. The smallest absolute Gasteiger partial charge is 0.126 e.